The van der Waals surface area contributed by atoms with Gasteiger partial charge in [-0.2, -0.15) is 13.2 Å². The van der Waals surface area contributed by atoms with Gasteiger partial charge in [0.1, 0.15) is 22.8 Å². The van der Waals surface area contributed by atoms with Crippen LogP contribution in [0.5, 0.6) is 0 Å². The molecule has 9 nitrogen and oxygen atoms in total. The minimum Gasteiger partial charge on any atom is -0.442 e. The van der Waals surface area contributed by atoms with E-state index in [0.717, 1.165) is 21.6 Å². The summed E-state index contributed by atoms with van der Waals surface area (Å²) in [6.07, 6.45) is -6.24. The fourth-order valence-corrected chi connectivity index (χ4v) is 4.52. The van der Waals surface area contributed by atoms with E-state index in [1.54, 1.807) is 27.7 Å². The molecule has 0 bridgehead atoms. The molecule has 1 aliphatic heterocycles. The lowest BCUT2D eigenvalue weighted by atomic mass is 9.86. The van der Waals surface area contributed by atoms with E-state index in [4.69, 9.17) is 4.74 Å². The van der Waals surface area contributed by atoms with Crippen LogP contribution in [0.4, 0.5) is 32.7 Å². The maximum Gasteiger partial charge on any atom is 0.437 e. The second kappa shape index (κ2) is 10.00. The SMILES string of the molecule is CN1C(=O)C[C@@](C)(c2ccc(F)c(-n3c(N(C)C)nc4ccc(F)c(C(F)(F)F)c43)c2)N/C1=N/C(=O)OC(C)(C)C. The second-order valence-electron chi connectivity index (χ2n) is 11.1. The number of fused-ring (bicyclic) bond motifs is 1. The van der Waals surface area contributed by atoms with Crippen LogP contribution in [0.25, 0.3) is 16.7 Å². The Bertz CT molecular complexity index is 1570. The van der Waals surface area contributed by atoms with Crippen molar-refractivity contribution in [3.8, 4) is 5.69 Å². The van der Waals surface area contributed by atoms with Crippen molar-refractivity contribution < 1.29 is 36.3 Å². The largest absolute Gasteiger partial charge is 0.442 e. The van der Waals surface area contributed by atoms with Crippen molar-refractivity contribution in [2.45, 2.75) is 51.4 Å². The van der Waals surface area contributed by atoms with Crippen molar-refractivity contribution in [3.05, 3.63) is 53.1 Å². The van der Waals surface area contributed by atoms with Crippen LogP contribution >= 0.6 is 0 Å². The number of nitrogens with one attached hydrogen (secondary N) is 1. The highest BCUT2D eigenvalue weighted by atomic mass is 19.4. The van der Waals surface area contributed by atoms with Gasteiger partial charge in [0.2, 0.25) is 17.8 Å². The molecule has 41 heavy (non-hydrogen) atoms. The van der Waals surface area contributed by atoms with Gasteiger partial charge in [-0.1, -0.05) is 6.07 Å². The predicted octanol–water partition coefficient (Wildman–Crippen LogP) is 5.35. The molecule has 2 heterocycles. The number of imidazole rings is 1. The van der Waals surface area contributed by atoms with Crippen molar-refractivity contribution in [1.82, 2.24) is 19.8 Å². The molecule has 1 N–H and O–H groups in total. The Morgan fingerprint density at radius 2 is 1.76 bits per heavy atom. The molecule has 4 rings (SSSR count). The quantitative estimate of drug-likeness (QED) is 0.421. The van der Waals surface area contributed by atoms with Crippen molar-refractivity contribution in [3.63, 3.8) is 0 Å². The molecule has 0 saturated carbocycles. The third-order valence-electron chi connectivity index (χ3n) is 6.43. The molecule has 1 aromatic heterocycles. The van der Waals surface area contributed by atoms with Crippen LogP contribution in [-0.4, -0.2) is 59.2 Å². The molecule has 1 fully saturated rings. The molecular formula is C27H29F5N6O3. The van der Waals surface area contributed by atoms with E-state index >= 15 is 4.39 Å². The first-order chi connectivity index (χ1) is 18.8. The molecule has 1 atom stereocenters. The number of hydrogen-bond donors (Lipinski definition) is 1. The molecule has 3 aromatic rings. The number of anilines is 1. The average molecular weight is 581 g/mol. The van der Waals surface area contributed by atoms with E-state index in [2.05, 4.69) is 15.3 Å². The molecule has 0 aliphatic carbocycles. The molecule has 2 aromatic carbocycles. The summed E-state index contributed by atoms with van der Waals surface area (Å²) in [7, 11) is 4.41. The number of benzene rings is 2. The van der Waals surface area contributed by atoms with Crippen LogP contribution in [0, 0.1) is 11.6 Å². The smallest absolute Gasteiger partial charge is 0.437 e. The lowest BCUT2D eigenvalue weighted by Gasteiger charge is -2.40. The number of guanidine groups is 1. The lowest BCUT2D eigenvalue weighted by molar-refractivity contribution is -0.138. The summed E-state index contributed by atoms with van der Waals surface area (Å²) in [6.45, 7) is 6.54. The summed E-state index contributed by atoms with van der Waals surface area (Å²) in [5, 5.41) is 3.01. The number of nitrogens with zero attached hydrogens (tertiary/aromatic N) is 5. The zero-order valence-electron chi connectivity index (χ0n) is 23.4. The number of alkyl halides is 3. The zero-order chi connectivity index (χ0) is 30.7. The average Bonchev–Trinajstić information content (AvgIpc) is 3.19. The summed E-state index contributed by atoms with van der Waals surface area (Å²) in [5.41, 5.74) is -4.65. The molecule has 1 aliphatic rings. The normalized spacial score (nSPS) is 19.1. The van der Waals surface area contributed by atoms with E-state index < -0.39 is 52.0 Å². The summed E-state index contributed by atoms with van der Waals surface area (Å²) >= 11 is 0. The van der Waals surface area contributed by atoms with Crippen LogP contribution in [0.15, 0.2) is 35.3 Å². The number of aromatic nitrogens is 2. The fraction of sp³-hybridized carbons (Fsp3) is 0.407. The van der Waals surface area contributed by atoms with Crippen LogP contribution in [0.2, 0.25) is 0 Å². The monoisotopic (exact) mass is 580 g/mol. The van der Waals surface area contributed by atoms with E-state index in [1.807, 2.05) is 0 Å². The first kappa shape index (κ1) is 29.7. The van der Waals surface area contributed by atoms with Gasteiger partial charge in [0.15, 0.2) is 0 Å². The molecule has 220 valence electrons. The topological polar surface area (TPSA) is 92.1 Å². The van der Waals surface area contributed by atoms with Crippen molar-refractivity contribution in [2.24, 2.45) is 4.99 Å². The van der Waals surface area contributed by atoms with Crippen molar-refractivity contribution in [2.75, 3.05) is 26.0 Å². The Morgan fingerprint density at radius 1 is 1.12 bits per heavy atom. The van der Waals surface area contributed by atoms with Crippen LogP contribution in [0.1, 0.15) is 45.2 Å². The maximum absolute atomic E-state index is 15.4. The van der Waals surface area contributed by atoms with Gasteiger partial charge in [0.05, 0.1) is 28.7 Å². The molecule has 0 spiro atoms. The number of hydrogen-bond acceptors (Lipinski definition) is 5. The number of carbonyl (C=O) groups excluding carboxylic acids is 2. The first-order valence-corrected chi connectivity index (χ1v) is 12.4. The van der Waals surface area contributed by atoms with Gasteiger partial charge < -0.3 is 15.0 Å². The van der Waals surface area contributed by atoms with Gasteiger partial charge in [-0.3, -0.25) is 14.3 Å². The van der Waals surface area contributed by atoms with Crippen LogP contribution in [-0.2, 0) is 21.2 Å². The molecular weight excluding hydrogens is 551 g/mol. The van der Waals surface area contributed by atoms with E-state index in [-0.39, 0.29) is 35.1 Å². The number of aliphatic imine (C=N–C) groups is 1. The first-order valence-electron chi connectivity index (χ1n) is 12.4. The van der Waals surface area contributed by atoms with Crippen molar-refractivity contribution in [1.29, 1.82) is 0 Å². The van der Waals surface area contributed by atoms with Gasteiger partial charge in [0, 0.05) is 21.1 Å². The predicted molar refractivity (Wildman–Crippen MR) is 142 cm³/mol. The van der Waals surface area contributed by atoms with E-state index in [1.165, 1.54) is 38.2 Å². The summed E-state index contributed by atoms with van der Waals surface area (Å²) in [5.74, 6) is -3.11. The van der Waals surface area contributed by atoms with Gasteiger partial charge >= 0.3 is 12.3 Å². The van der Waals surface area contributed by atoms with Gasteiger partial charge in [-0.15, -0.1) is 4.99 Å². The van der Waals surface area contributed by atoms with Crippen LogP contribution < -0.4 is 10.2 Å². The Kier molecular flexibility index (Phi) is 7.25. The third kappa shape index (κ3) is 5.68. The molecule has 1 saturated heterocycles. The zero-order valence-corrected chi connectivity index (χ0v) is 23.4. The number of ether oxygens (including phenoxy) is 1. The van der Waals surface area contributed by atoms with E-state index in [9.17, 15) is 27.2 Å². The number of carbonyl (C=O) groups is 2. The minimum absolute atomic E-state index is 0.0862. The van der Waals surface area contributed by atoms with Crippen molar-refractivity contribution >= 4 is 34.9 Å². The number of halogens is 5. The fourth-order valence-electron chi connectivity index (χ4n) is 4.52. The molecule has 0 unspecified atom stereocenters. The Balaban J connectivity index is 1.91. The molecule has 0 radical (unpaired) electrons. The maximum atomic E-state index is 15.4. The van der Waals surface area contributed by atoms with Gasteiger partial charge in [-0.05, 0) is 57.5 Å². The second-order valence-corrected chi connectivity index (χ2v) is 11.1. The highest BCUT2D eigenvalue weighted by Gasteiger charge is 2.41. The third-order valence-corrected chi connectivity index (χ3v) is 6.43. The highest BCUT2D eigenvalue weighted by molar-refractivity contribution is 6.03. The summed E-state index contributed by atoms with van der Waals surface area (Å²) in [4.78, 5) is 35.9. The van der Waals surface area contributed by atoms with E-state index in [0.29, 0.717) is 6.07 Å². The molecule has 2 amide bonds. The Labute approximate surface area is 232 Å². The van der Waals surface area contributed by atoms with Crippen LogP contribution in [0.3, 0.4) is 0 Å². The Hall–Kier alpha value is -4.23. The summed E-state index contributed by atoms with van der Waals surface area (Å²) in [6, 6.07) is 5.39. The standard InChI is InChI=1S/C27H29F5N6O3/c1-25(2,3)41-24(40)34-22-35-26(4,13-19(39)37(22)7)14-8-9-15(28)18(12-14)38-21-17(33-23(38)36(5)6)11-10-16(29)20(21)27(30,31)32/h8-12H,13H2,1-7H3,(H,34,35,40)/t26-/m0/s1. The minimum atomic E-state index is -5.11. The number of rotatable bonds is 3. The van der Waals surface area contributed by atoms with Gasteiger partial charge in [-0.25, -0.2) is 18.6 Å². The Morgan fingerprint density at radius 3 is 2.34 bits per heavy atom. The lowest BCUT2D eigenvalue weighted by Crippen LogP contribution is -2.58. The number of amides is 2. The molecule has 14 heteroatoms. The van der Waals surface area contributed by atoms with Gasteiger partial charge in [0.25, 0.3) is 0 Å². The summed E-state index contributed by atoms with van der Waals surface area (Å²) < 4.78 is 78.3. The highest BCUT2D eigenvalue weighted by Crippen LogP contribution is 2.41.